The van der Waals surface area contributed by atoms with Gasteiger partial charge in [0.2, 0.25) is 5.91 Å². The fourth-order valence-corrected chi connectivity index (χ4v) is 7.05. The van der Waals surface area contributed by atoms with Crippen LogP contribution in [-0.4, -0.2) is 66.4 Å². The number of nitrogens with one attached hydrogen (secondary N) is 4. The number of phenolic OH excluding ortho intramolecular Hbond substituents is 1. The predicted octanol–water partition coefficient (Wildman–Crippen LogP) is 6.34. The number of hydrogen-bond donors (Lipinski definition) is 5. The smallest absolute Gasteiger partial charge is 0.411 e. The number of aromatic nitrogens is 1. The normalized spacial score (nSPS) is 13.6. The van der Waals surface area contributed by atoms with Gasteiger partial charge in [-0.2, -0.15) is 0 Å². The second kappa shape index (κ2) is 16.5. The minimum Gasteiger partial charge on any atom is -0.506 e. The van der Waals surface area contributed by atoms with Crippen molar-refractivity contribution in [2.45, 2.75) is 38.3 Å². The number of carbonyl (C=O) groups is 2. The molecule has 2 heterocycles. The summed E-state index contributed by atoms with van der Waals surface area (Å²) in [6, 6.07) is 26.7. The zero-order chi connectivity index (χ0) is 34.9. The Morgan fingerprint density at radius 1 is 0.960 bits per heavy atom. The molecular formula is C38H41N5O6S. The number of ether oxygens (including phenoxy) is 2. The first-order chi connectivity index (χ1) is 24.4. The topological polar surface area (TPSA) is 145 Å². The second-order valence-electron chi connectivity index (χ2n) is 12.2. The first-order valence-corrected chi connectivity index (χ1v) is 17.5. The van der Waals surface area contributed by atoms with Gasteiger partial charge in [-0.15, -0.1) is 0 Å². The van der Waals surface area contributed by atoms with Crippen LogP contribution in [0.25, 0.3) is 21.3 Å². The van der Waals surface area contributed by atoms with E-state index >= 15 is 0 Å². The Labute approximate surface area is 294 Å². The van der Waals surface area contributed by atoms with Gasteiger partial charge in [-0.1, -0.05) is 72.0 Å². The van der Waals surface area contributed by atoms with Crippen LogP contribution in [0.4, 0.5) is 16.2 Å². The van der Waals surface area contributed by atoms with Crippen LogP contribution in [0.15, 0.2) is 89.7 Å². The fraction of sp³-hybridized carbons (Fsp3) is 0.289. The number of benzene rings is 4. The number of carbonyl (C=O) groups excluding carboxylic acids is 2. The number of piperidine rings is 1. The Morgan fingerprint density at radius 3 is 2.54 bits per heavy atom. The third-order valence-corrected chi connectivity index (χ3v) is 9.75. The SMILES string of the molecule is COc1cc(CNCCc2ccc(O)c3[nH]c(=O)sc23)ccc1NC(=O)CCN1CCC(OC(=O)Nc2ccccc2-c2ccccc2)CC1. The lowest BCUT2D eigenvalue weighted by atomic mass is 10.0. The summed E-state index contributed by atoms with van der Waals surface area (Å²) in [6.45, 7) is 3.34. The Morgan fingerprint density at radius 2 is 1.74 bits per heavy atom. The van der Waals surface area contributed by atoms with E-state index in [2.05, 4.69) is 25.8 Å². The van der Waals surface area contributed by atoms with Crippen LogP contribution < -0.4 is 25.6 Å². The molecule has 2 amide bonds. The van der Waals surface area contributed by atoms with Crippen molar-refractivity contribution in [3.8, 4) is 22.6 Å². The number of para-hydroxylation sites is 1. The van der Waals surface area contributed by atoms with Gasteiger partial charge < -0.3 is 35.1 Å². The van der Waals surface area contributed by atoms with Crippen LogP contribution in [0, 0.1) is 0 Å². The first kappa shape index (κ1) is 34.7. The third-order valence-electron chi connectivity index (χ3n) is 8.79. The minimum absolute atomic E-state index is 0.0738. The molecule has 0 atom stereocenters. The maximum Gasteiger partial charge on any atom is 0.411 e. The molecule has 5 N–H and O–H groups in total. The highest BCUT2D eigenvalue weighted by Gasteiger charge is 2.23. The van der Waals surface area contributed by atoms with Crippen molar-refractivity contribution in [1.29, 1.82) is 0 Å². The van der Waals surface area contributed by atoms with E-state index in [-0.39, 0.29) is 22.6 Å². The van der Waals surface area contributed by atoms with E-state index in [4.69, 9.17) is 9.47 Å². The molecule has 260 valence electrons. The van der Waals surface area contributed by atoms with Crippen molar-refractivity contribution in [3.05, 3.63) is 106 Å². The molecule has 12 heteroatoms. The standard InChI is InChI=1S/C38H41N5O6S/c1-48-33-23-25(24-39-19-15-27-12-14-32(44)35-36(27)50-38(47)42-35)11-13-31(33)40-34(45)18-22-43-20-16-28(17-21-43)49-37(46)41-30-10-6-5-9-29(30)26-7-3-2-4-8-26/h2-14,23,28,39,44H,15-22,24H2,1H3,(H,40,45)(H,41,46)(H,42,47). The number of nitrogens with zero attached hydrogens (tertiary/aromatic N) is 1. The fourth-order valence-electron chi connectivity index (χ4n) is 6.15. The molecule has 1 aliphatic rings. The number of anilines is 2. The van der Waals surface area contributed by atoms with Crippen molar-refractivity contribution < 1.29 is 24.2 Å². The summed E-state index contributed by atoms with van der Waals surface area (Å²) in [5, 5.41) is 19.3. The van der Waals surface area contributed by atoms with Crippen molar-refractivity contribution >= 4 is 44.9 Å². The summed E-state index contributed by atoms with van der Waals surface area (Å²) in [6.07, 6.45) is 1.78. The summed E-state index contributed by atoms with van der Waals surface area (Å²) < 4.78 is 12.1. The molecule has 5 aromatic rings. The Kier molecular flexibility index (Phi) is 11.4. The molecule has 1 aromatic heterocycles. The molecule has 0 saturated carbocycles. The molecule has 11 nitrogen and oxygen atoms in total. The van der Waals surface area contributed by atoms with E-state index < -0.39 is 6.09 Å². The third kappa shape index (κ3) is 8.89. The van der Waals surface area contributed by atoms with E-state index in [9.17, 15) is 19.5 Å². The second-order valence-corrected chi connectivity index (χ2v) is 13.2. The van der Waals surface area contributed by atoms with E-state index in [0.29, 0.717) is 68.0 Å². The lowest BCUT2D eigenvalue weighted by Gasteiger charge is -2.31. The number of amides is 2. The molecule has 1 saturated heterocycles. The summed E-state index contributed by atoms with van der Waals surface area (Å²) in [4.78, 5) is 42.1. The number of methoxy groups -OCH3 is 1. The number of rotatable bonds is 13. The average Bonchev–Trinajstić information content (AvgIpc) is 3.54. The molecule has 0 bridgehead atoms. The summed E-state index contributed by atoms with van der Waals surface area (Å²) in [7, 11) is 1.58. The van der Waals surface area contributed by atoms with Crippen molar-refractivity contribution in [2.24, 2.45) is 0 Å². The molecular weight excluding hydrogens is 655 g/mol. The van der Waals surface area contributed by atoms with E-state index in [1.54, 1.807) is 13.2 Å². The van der Waals surface area contributed by atoms with Gasteiger partial charge in [-0.25, -0.2) is 4.79 Å². The Bertz CT molecular complexity index is 1990. The van der Waals surface area contributed by atoms with Crippen LogP contribution in [0.3, 0.4) is 0 Å². The van der Waals surface area contributed by atoms with Crippen LogP contribution in [0.5, 0.6) is 11.5 Å². The van der Waals surface area contributed by atoms with Gasteiger partial charge in [0.1, 0.15) is 23.1 Å². The van der Waals surface area contributed by atoms with Crippen LogP contribution in [-0.2, 0) is 22.5 Å². The number of aromatic amines is 1. The number of hydrogen-bond acceptors (Lipinski definition) is 9. The lowest BCUT2D eigenvalue weighted by molar-refractivity contribution is -0.116. The van der Waals surface area contributed by atoms with Crippen molar-refractivity contribution in [3.63, 3.8) is 0 Å². The van der Waals surface area contributed by atoms with Crippen LogP contribution >= 0.6 is 11.3 Å². The van der Waals surface area contributed by atoms with E-state index in [1.807, 2.05) is 78.9 Å². The predicted molar refractivity (Wildman–Crippen MR) is 197 cm³/mol. The monoisotopic (exact) mass is 695 g/mol. The minimum atomic E-state index is -0.463. The van der Waals surface area contributed by atoms with Gasteiger partial charge in [0.05, 0.1) is 23.2 Å². The summed E-state index contributed by atoms with van der Waals surface area (Å²) >= 11 is 1.10. The summed E-state index contributed by atoms with van der Waals surface area (Å²) in [5.41, 5.74) is 5.75. The average molecular weight is 696 g/mol. The molecule has 50 heavy (non-hydrogen) atoms. The van der Waals surface area contributed by atoms with Gasteiger partial charge in [-0.05, 0) is 66.8 Å². The summed E-state index contributed by atoms with van der Waals surface area (Å²) in [5.74, 6) is 0.554. The Balaban J connectivity index is 0.908. The highest BCUT2D eigenvalue weighted by atomic mass is 32.1. The number of fused-ring (bicyclic) bond motifs is 1. The highest BCUT2D eigenvalue weighted by Crippen LogP contribution is 2.30. The number of phenols is 1. The maximum atomic E-state index is 12.9. The molecule has 1 aliphatic heterocycles. The highest BCUT2D eigenvalue weighted by molar-refractivity contribution is 7.16. The van der Waals surface area contributed by atoms with Gasteiger partial charge in [0.15, 0.2) is 0 Å². The molecule has 0 radical (unpaired) electrons. The maximum absolute atomic E-state index is 12.9. The first-order valence-electron chi connectivity index (χ1n) is 16.7. The number of thiazole rings is 1. The number of H-pyrrole nitrogens is 1. The Hall–Kier alpha value is -5.17. The van der Waals surface area contributed by atoms with Gasteiger partial charge in [0, 0.05) is 38.2 Å². The molecule has 4 aromatic carbocycles. The van der Waals surface area contributed by atoms with Crippen LogP contribution in [0.2, 0.25) is 0 Å². The van der Waals surface area contributed by atoms with Crippen molar-refractivity contribution in [2.75, 3.05) is 43.9 Å². The molecule has 6 rings (SSSR count). The van der Waals surface area contributed by atoms with Gasteiger partial charge in [-0.3, -0.25) is 14.9 Å². The van der Waals surface area contributed by atoms with E-state index in [1.165, 1.54) is 0 Å². The largest absolute Gasteiger partial charge is 0.506 e. The zero-order valence-electron chi connectivity index (χ0n) is 27.9. The molecule has 1 fully saturated rings. The molecule has 0 spiro atoms. The van der Waals surface area contributed by atoms with Crippen molar-refractivity contribution in [1.82, 2.24) is 15.2 Å². The number of likely N-dealkylation sites (tertiary alicyclic amines) is 1. The van der Waals surface area contributed by atoms with Gasteiger partial charge >= 0.3 is 11.0 Å². The quantitative estimate of drug-likeness (QED) is 0.0898. The lowest BCUT2D eigenvalue weighted by Crippen LogP contribution is -2.39. The van der Waals surface area contributed by atoms with E-state index in [0.717, 1.165) is 51.4 Å². The zero-order valence-corrected chi connectivity index (χ0v) is 28.7. The van der Waals surface area contributed by atoms with Crippen LogP contribution in [0.1, 0.15) is 30.4 Å². The molecule has 0 aliphatic carbocycles. The number of aromatic hydroxyl groups is 1. The van der Waals surface area contributed by atoms with Gasteiger partial charge in [0.25, 0.3) is 0 Å². The molecule has 0 unspecified atom stereocenters.